The number of ether oxygens (including phenoxy) is 1. The van der Waals surface area contributed by atoms with Gasteiger partial charge in [-0.25, -0.2) is 0 Å². The van der Waals surface area contributed by atoms with Crippen LogP contribution in [0.4, 0.5) is 0 Å². The van der Waals surface area contributed by atoms with Crippen LogP contribution in [0.2, 0.25) is 0 Å². The number of likely N-dealkylation sites (N-methyl/N-ethyl adjacent to an activating group) is 1. The molecule has 0 aromatic heterocycles. The van der Waals surface area contributed by atoms with Gasteiger partial charge in [-0.3, -0.25) is 24.2 Å². The Hall–Kier alpha value is -1.43. The molecule has 17 heavy (non-hydrogen) atoms. The Morgan fingerprint density at radius 2 is 2.06 bits per heavy atom. The molecule has 0 aliphatic carbocycles. The molecule has 0 aromatic rings. The number of likely N-dealkylation sites (tertiary alicyclic amines) is 2. The van der Waals surface area contributed by atoms with E-state index in [2.05, 4.69) is 0 Å². The van der Waals surface area contributed by atoms with E-state index in [0.29, 0.717) is 13.1 Å². The minimum atomic E-state index is -0.627. The summed E-state index contributed by atoms with van der Waals surface area (Å²) in [4.78, 5) is 38.7. The third-order valence-electron chi connectivity index (χ3n) is 3.63. The molecule has 0 N–H and O–H groups in total. The van der Waals surface area contributed by atoms with Crippen molar-refractivity contribution in [2.24, 2.45) is 11.8 Å². The predicted molar refractivity (Wildman–Crippen MR) is 57.8 cm³/mol. The van der Waals surface area contributed by atoms with Crippen molar-refractivity contribution in [2.75, 3.05) is 27.2 Å². The second-order valence-corrected chi connectivity index (χ2v) is 4.46. The first kappa shape index (κ1) is 12.0. The smallest absolute Gasteiger partial charge is 0.323 e. The van der Waals surface area contributed by atoms with E-state index in [-0.39, 0.29) is 11.8 Å². The van der Waals surface area contributed by atoms with Crippen LogP contribution in [-0.2, 0) is 19.1 Å². The van der Waals surface area contributed by atoms with Crippen molar-refractivity contribution in [3.8, 4) is 0 Å². The van der Waals surface area contributed by atoms with Gasteiger partial charge in [0.25, 0.3) is 0 Å². The largest absolute Gasteiger partial charge is 0.468 e. The molecule has 6 heteroatoms. The van der Waals surface area contributed by atoms with Gasteiger partial charge >= 0.3 is 5.97 Å². The first-order chi connectivity index (χ1) is 8.02. The molecule has 6 nitrogen and oxygen atoms in total. The summed E-state index contributed by atoms with van der Waals surface area (Å²) < 4.78 is 4.70. The molecule has 0 spiro atoms. The van der Waals surface area contributed by atoms with Gasteiger partial charge in [-0.1, -0.05) is 0 Å². The van der Waals surface area contributed by atoms with Crippen LogP contribution in [0.15, 0.2) is 0 Å². The lowest BCUT2D eigenvalue weighted by Gasteiger charge is -2.22. The van der Waals surface area contributed by atoms with Gasteiger partial charge < -0.3 is 4.74 Å². The fraction of sp³-hybridized carbons (Fsp3) is 0.727. The van der Waals surface area contributed by atoms with Crippen molar-refractivity contribution >= 4 is 17.8 Å². The number of nitrogens with zero attached hydrogens (tertiary/aromatic N) is 2. The van der Waals surface area contributed by atoms with Crippen LogP contribution >= 0.6 is 0 Å². The first-order valence-electron chi connectivity index (χ1n) is 5.66. The Morgan fingerprint density at radius 1 is 1.41 bits per heavy atom. The number of esters is 1. The molecule has 2 amide bonds. The number of carbonyl (C=O) groups excluding carboxylic acids is 3. The third-order valence-corrected chi connectivity index (χ3v) is 3.63. The van der Waals surface area contributed by atoms with Gasteiger partial charge in [-0.05, 0) is 14.0 Å². The lowest BCUT2D eigenvalue weighted by molar-refractivity contribution is -0.151. The molecule has 2 fully saturated rings. The van der Waals surface area contributed by atoms with Gasteiger partial charge in [0.2, 0.25) is 11.8 Å². The standard InChI is InChI=1S/C11H16N2O4/c1-4-13-9(14)6-5-12(2)8(11(16)17-3)7(6)10(13)15/h6-8H,4-5H2,1-3H3/t6-,7-,8+/m1/s1. The molecule has 0 bridgehead atoms. The summed E-state index contributed by atoms with van der Waals surface area (Å²) in [5, 5.41) is 0. The van der Waals surface area contributed by atoms with Crippen molar-refractivity contribution in [1.82, 2.24) is 9.80 Å². The fourth-order valence-electron chi connectivity index (χ4n) is 2.82. The van der Waals surface area contributed by atoms with E-state index in [0.717, 1.165) is 0 Å². The average molecular weight is 240 g/mol. The number of methoxy groups -OCH3 is 1. The van der Waals surface area contributed by atoms with Crippen LogP contribution < -0.4 is 0 Å². The number of fused-ring (bicyclic) bond motifs is 1. The van der Waals surface area contributed by atoms with Crippen LogP contribution in [0.1, 0.15) is 6.92 Å². The summed E-state index contributed by atoms with van der Waals surface area (Å²) in [7, 11) is 3.03. The van der Waals surface area contributed by atoms with Gasteiger partial charge in [-0.15, -0.1) is 0 Å². The number of amides is 2. The Labute approximate surface area is 99.5 Å². The SMILES string of the molecule is CCN1C(=O)[C@H]2[C@@H](C(=O)OC)N(C)C[C@H]2C1=O. The molecule has 94 valence electrons. The number of hydrogen-bond donors (Lipinski definition) is 0. The third kappa shape index (κ3) is 1.55. The first-order valence-corrected chi connectivity index (χ1v) is 5.66. The maximum absolute atomic E-state index is 12.1. The second kappa shape index (κ2) is 4.10. The summed E-state index contributed by atoms with van der Waals surface area (Å²) in [6.45, 7) is 2.56. The Bertz CT molecular complexity index is 382. The number of imide groups is 1. The molecule has 2 rings (SSSR count). The van der Waals surface area contributed by atoms with Crippen molar-refractivity contribution in [3.63, 3.8) is 0 Å². The zero-order chi connectivity index (χ0) is 12.7. The zero-order valence-electron chi connectivity index (χ0n) is 10.2. The van der Waals surface area contributed by atoms with Gasteiger partial charge in [-0.2, -0.15) is 0 Å². The highest BCUT2D eigenvalue weighted by Gasteiger charge is 2.58. The fourth-order valence-corrected chi connectivity index (χ4v) is 2.82. The summed E-state index contributed by atoms with van der Waals surface area (Å²) in [6.07, 6.45) is 0. The van der Waals surface area contributed by atoms with E-state index >= 15 is 0 Å². The van der Waals surface area contributed by atoms with Crippen LogP contribution in [0, 0.1) is 11.8 Å². The number of hydrogen-bond acceptors (Lipinski definition) is 5. The molecule has 2 heterocycles. The molecule has 2 saturated heterocycles. The lowest BCUT2D eigenvalue weighted by Crippen LogP contribution is -2.43. The van der Waals surface area contributed by atoms with Gasteiger partial charge in [0, 0.05) is 13.1 Å². The second-order valence-electron chi connectivity index (χ2n) is 4.46. The van der Waals surface area contributed by atoms with E-state index in [1.807, 2.05) is 0 Å². The van der Waals surface area contributed by atoms with E-state index < -0.39 is 23.8 Å². The highest BCUT2D eigenvalue weighted by atomic mass is 16.5. The van der Waals surface area contributed by atoms with Crippen molar-refractivity contribution < 1.29 is 19.1 Å². The Kier molecular flexibility index (Phi) is 2.91. The molecule has 0 saturated carbocycles. The zero-order valence-corrected chi connectivity index (χ0v) is 10.2. The van der Waals surface area contributed by atoms with E-state index in [1.54, 1.807) is 18.9 Å². The van der Waals surface area contributed by atoms with E-state index in [9.17, 15) is 14.4 Å². The van der Waals surface area contributed by atoms with Gasteiger partial charge in [0.05, 0.1) is 18.9 Å². The summed E-state index contributed by atoms with van der Waals surface area (Å²) in [5.41, 5.74) is 0. The maximum Gasteiger partial charge on any atom is 0.323 e. The molecule has 0 radical (unpaired) electrons. The van der Waals surface area contributed by atoms with Crippen molar-refractivity contribution in [3.05, 3.63) is 0 Å². The van der Waals surface area contributed by atoms with E-state index in [1.165, 1.54) is 12.0 Å². The average Bonchev–Trinajstić information content (AvgIpc) is 2.75. The monoisotopic (exact) mass is 240 g/mol. The minimum absolute atomic E-state index is 0.166. The Balaban J connectivity index is 2.32. The predicted octanol–water partition coefficient (Wildman–Crippen LogP) is -0.905. The molecular weight excluding hydrogens is 224 g/mol. The lowest BCUT2D eigenvalue weighted by atomic mass is 9.93. The van der Waals surface area contributed by atoms with Gasteiger partial charge in [0.15, 0.2) is 0 Å². The van der Waals surface area contributed by atoms with Crippen LogP contribution in [0.5, 0.6) is 0 Å². The number of rotatable bonds is 2. The summed E-state index contributed by atoms with van der Waals surface area (Å²) in [5.74, 6) is -1.82. The van der Waals surface area contributed by atoms with Crippen molar-refractivity contribution in [1.29, 1.82) is 0 Å². The van der Waals surface area contributed by atoms with Crippen LogP contribution in [0.3, 0.4) is 0 Å². The van der Waals surface area contributed by atoms with Crippen molar-refractivity contribution in [2.45, 2.75) is 13.0 Å². The molecule has 0 aromatic carbocycles. The highest BCUT2D eigenvalue weighted by molar-refractivity contribution is 6.08. The molecule has 2 aliphatic rings. The Morgan fingerprint density at radius 3 is 2.59 bits per heavy atom. The van der Waals surface area contributed by atoms with Crippen LogP contribution in [0.25, 0.3) is 0 Å². The summed E-state index contributed by atoms with van der Waals surface area (Å²) in [6, 6.07) is -0.627. The topological polar surface area (TPSA) is 66.9 Å². The molecule has 2 aliphatic heterocycles. The quantitative estimate of drug-likeness (QED) is 0.462. The molecular formula is C11H16N2O4. The molecule has 0 unspecified atom stereocenters. The molecule has 3 atom stereocenters. The highest BCUT2D eigenvalue weighted by Crippen LogP contribution is 2.37. The maximum atomic E-state index is 12.1. The van der Waals surface area contributed by atoms with Gasteiger partial charge in [0.1, 0.15) is 6.04 Å². The number of carbonyl (C=O) groups is 3. The minimum Gasteiger partial charge on any atom is -0.468 e. The normalized spacial score (nSPS) is 33.1. The van der Waals surface area contributed by atoms with E-state index in [4.69, 9.17) is 4.74 Å². The van der Waals surface area contributed by atoms with Crippen LogP contribution in [-0.4, -0.2) is 60.9 Å². The summed E-state index contributed by atoms with van der Waals surface area (Å²) >= 11 is 0.